The number of fused-ring (bicyclic) bond motifs is 1. The SMILES string of the molecule is C=CCc1nc2cc(F)c([N+](=O)[O-])cc2o1. The highest BCUT2D eigenvalue weighted by Crippen LogP contribution is 2.25. The van der Waals surface area contributed by atoms with Crippen LogP contribution in [0.1, 0.15) is 5.89 Å². The molecule has 5 nitrogen and oxygen atoms in total. The number of nitrogens with zero attached hydrogens (tertiary/aromatic N) is 2. The number of rotatable bonds is 3. The summed E-state index contributed by atoms with van der Waals surface area (Å²) in [6.45, 7) is 3.51. The molecule has 0 saturated heterocycles. The molecule has 0 atom stereocenters. The van der Waals surface area contributed by atoms with Gasteiger partial charge in [0.25, 0.3) is 0 Å². The zero-order chi connectivity index (χ0) is 11.7. The van der Waals surface area contributed by atoms with Crippen LogP contribution < -0.4 is 0 Å². The lowest BCUT2D eigenvalue weighted by molar-refractivity contribution is -0.387. The van der Waals surface area contributed by atoms with E-state index in [1.165, 1.54) is 0 Å². The minimum atomic E-state index is -0.920. The van der Waals surface area contributed by atoms with Gasteiger partial charge in [0.2, 0.25) is 5.82 Å². The van der Waals surface area contributed by atoms with E-state index in [1.807, 2.05) is 0 Å². The zero-order valence-corrected chi connectivity index (χ0v) is 8.14. The Kier molecular flexibility index (Phi) is 2.40. The van der Waals surface area contributed by atoms with Crippen LogP contribution in [0.2, 0.25) is 0 Å². The minimum absolute atomic E-state index is 0.199. The topological polar surface area (TPSA) is 69.2 Å². The number of hydrogen-bond donors (Lipinski definition) is 0. The maximum atomic E-state index is 13.2. The number of oxazole rings is 1. The molecule has 16 heavy (non-hydrogen) atoms. The number of nitro groups is 1. The average Bonchev–Trinajstić information content (AvgIpc) is 2.58. The fourth-order valence-corrected chi connectivity index (χ4v) is 1.34. The summed E-state index contributed by atoms with van der Waals surface area (Å²) in [6.07, 6.45) is 1.97. The number of halogens is 1. The van der Waals surface area contributed by atoms with Gasteiger partial charge in [-0.2, -0.15) is 4.39 Å². The van der Waals surface area contributed by atoms with Crippen molar-refractivity contribution in [3.63, 3.8) is 0 Å². The summed E-state index contributed by atoms with van der Waals surface area (Å²) in [7, 11) is 0. The first-order valence-electron chi connectivity index (χ1n) is 4.46. The maximum Gasteiger partial charge on any atom is 0.308 e. The molecule has 1 aromatic carbocycles. The van der Waals surface area contributed by atoms with E-state index in [9.17, 15) is 14.5 Å². The third kappa shape index (κ3) is 1.65. The van der Waals surface area contributed by atoms with Crippen molar-refractivity contribution in [3.8, 4) is 0 Å². The highest BCUT2D eigenvalue weighted by molar-refractivity contribution is 5.75. The summed E-state index contributed by atoms with van der Waals surface area (Å²) in [5.74, 6) is -0.569. The fraction of sp³-hybridized carbons (Fsp3) is 0.100. The minimum Gasteiger partial charge on any atom is -0.440 e. The second kappa shape index (κ2) is 3.73. The fourth-order valence-electron chi connectivity index (χ4n) is 1.34. The van der Waals surface area contributed by atoms with E-state index < -0.39 is 16.4 Å². The molecular formula is C10H7FN2O3. The number of hydrogen-bond acceptors (Lipinski definition) is 4. The smallest absolute Gasteiger partial charge is 0.308 e. The second-order valence-electron chi connectivity index (χ2n) is 3.13. The Morgan fingerprint density at radius 2 is 2.38 bits per heavy atom. The van der Waals surface area contributed by atoms with Gasteiger partial charge >= 0.3 is 5.69 Å². The van der Waals surface area contributed by atoms with Crippen molar-refractivity contribution >= 4 is 16.8 Å². The van der Waals surface area contributed by atoms with Gasteiger partial charge in [-0.1, -0.05) is 6.08 Å². The van der Waals surface area contributed by atoms with E-state index in [-0.39, 0.29) is 11.1 Å². The van der Waals surface area contributed by atoms with Crippen molar-refractivity contribution < 1.29 is 13.7 Å². The predicted octanol–water partition coefficient (Wildman–Crippen LogP) is 2.60. The van der Waals surface area contributed by atoms with Gasteiger partial charge in [-0.05, 0) is 0 Å². The predicted molar refractivity (Wildman–Crippen MR) is 54.5 cm³/mol. The third-order valence-electron chi connectivity index (χ3n) is 2.02. The molecule has 0 unspecified atom stereocenters. The average molecular weight is 222 g/mol. The molecular weight excluding hydrogens is 215 g/mol. The first kappa shape index (κ1) is 10.3. The van der Waals surface area contributed by atoms with Gasteiger partial charge in [-0.15, -0.1) is 6.58 Å². The van der Waals surface area contributed by atoms with Crippen molar-refractivity contribution in [3.05, 3.63) is 46.6 Å². The molecule has 0 amide bonds. The summed E-state index contributed by atoms with van der Waals surface area (Å²) in [5, 5.41) is 10.5. The van der Waals surface area contributed by atoms with Crippen molar-refractivity contribution in [1.29, 1.82) is 0 Å². The van der Waals surface area contributed by atoms with E-state index in [1.54, 1.807) is 6.08 Å². The number of nitro benzene ring substituents is 1. The Hall–Kier alpha value is -2.24. The van der Waals surface area contributed by atoms with Crippen LogP contribution in [0.25, 0.3) is 11.1 Å². The molecule has 0 N–H and O–H groups in total. The molecule has 6 heteroatoms. The van der Waals surface area contributed by atoms with Gasteiger partial charge in [0.05, 0.1) is 11.0 Å². The van der Waals surface area contributed by atoms with Gasteiger partial charge < -0.3 is 4.42 Å². The molecule has 1 heterocycles. The van der Waals surface area contributed by atoms with Gasteiger partial charge in [-0.25, -0.2) is 4.98 Å². The van der Waals surface area contributed by atoms with Crippen LogP contribution in [0.4, 0.5) is 10.1 Å². The van der Waals surface area contributed by atoms with Crippen LogP contribution in [0.15, 0.2) is 29.2 Å². The van der Waals surface area contributed by atoms with Gasteiger partial charge in [-0.3, -0.25) is 10.1 Å². The maximum absolute atomic E-state index is 13.2. The van der Waals surface area contributed by atoms with Crippen LogP contribution in [0, 0.1) is 15.9 Å². The molecule has 2 rings (SSSR count). The van der Waals surface area contributed by atoms with Crippen LogP contribution in [-0.4, -0.2) is 9.91 Å². The molecule has 0 fully saturated rings. The molecule has 0 saturated carbocycles. The molecule has 0 bridgehead atoms. The summed E-state index contributed by atoms with van der Waals surface area (Å²) in [6, 6.07) is 2.02. The first-order valence-corrected chi connectivity index (χ1v) is 4.46. The van der Waals surface area contributed by atoms with E-state index >= 15 is 0 Å². The van der Waals surface area contributed by atoms with Crippen LogP contribution in [0.5, 0.6) is 0 Å². The van der Waals surface area contributed by atoms with E-state index in [0.717, 1.165) is 12.1 Å². The lowest BCUT2D eigenvalue weighted by Gasteiger charge is -1.91. The Morgan fingerprint density at radius 1 is 1.62 bits per heavy atom. The quantitative estimate of drug-likeness (QED) is 0.454. The van der Waals surface area contributed by atoms with E-state index in [0.29, 0.717) is 12.3 Å². The highest BCUT2D eigenvalue weighted by atomic mass is 19.1. The molecule has 0 aliphatic carbocycles. The Morgan fingerprint density at radius 3 is 3.00 bits per heavy atom. The van der Waals surface area contributed by atoms with Gasteiger partial charge in [0.1, 0.15) is 5.52 Å². The molecule has 0 aliphatic heterocycles. The number of allylic oxidation sites excluding steroid dienone is 1. The molecule has 2 aromatic rings. The van der Waals surface area contributed by atoms with Gasteiger partial charge in [0.15, 0.2) is 11.5 Å². The van der Waals surface area contributed by atoms with Crippen LogP contribution >= 0.6 is 0 Å². The van der Waals surface area contributed by atoms with Gasteiger partial charge in [0, 0.05) is 12.5 Å². The van der Waals surface area contributed by atoms with Crippen molar-refractivity contribution in [1.82, 2.24) is 4.98 Å². The first-order chi connectivity index (χ1) is 7.61. The standard InChI is InChI=1S/C10H7FN2O3/c1-2-3-10-12-7-4-6(11)8(13(14)15)5-9(7)16-10/h2,4-5H,1,3H2. The largest absolute Gasteiger partial charge is 0.440 e. The summed E-state index contributed by atoms with van der Waals surface area (Å²) < 4.78 is 18.4. The Balaban J connectivity index is 2.60. The molecule has 0 radical (unpaired) electrons. The van der Waals surface area contributed by atoms with Crippen LogP contribution in [0.3, 0.4) is 0 Å². The summed E-state index contributed by atoms with van der Waals surface area (Å²) in [4.78, 5) is 13.6. The molecule has 1 aromatic heterocycles. The lowest BCUT2D eigenvalue weighted by atomic mass is 10.3. The number of aromatic nitrogens is 1. The molecule has 0 aliphatic rings. The lowest BCUT2D eigenvalue weighted by Crippen LogP contribution is -1.91. The summed E-state index contributed by atoms with van der Waals surface area (Å²) in [5.41, 5.74) is -0.154. The Labute approximate surface area is 89.4 Å². The zero-order valence-electron chi connectivity index (χ0n) is 8.14. The van der Waals surface area contributed by atoms with Crippen molar-refractivity contribution in [2.24, 2.45) is 0 Å². The van der Waals surface area contributed by atoms with E-state index in [2.05, 4.69) is 11.6 Å². The number of benzene rings is 1. The van der Waals surface area contributed by atoms with Crippen molar-refractivity contribution in [2.45, 2.75) is 6.42 Å². The normalized spacial score (nSPS) is 10.6. The van der Waals surface area contributed by atoms with E-state index in [4.69, 9.17) is 4.42 Å². The molecule has 82 valence electrons. The summed E-state index contributed by atoms with van der Waals surface area (Å²) >= 11 is 0. The van der Waals surface area contributed by atoms with Crippen LogP contribution in [-0.2, 0) is 6.42 Å². The Bertz CT molecular complexity index is 577. The van der Waals surface area contributed by atoms with Crippen molar-refractivity contribution in [2.75, 3.05) is 0 Å². The second-order valence-corrected chi connectivity index (χ2v) is 3.13. The molecule has 0 spiro atoms. The highest BCUT2D eigenvalue weighted by Gasteiger charge is 2.18. The third-order valence-corrected chi connectivity index (χ3v) is 2.02. The monoisotopic (exact) mass is 222 g/mol.